The molecule has 1 aliphatic rings. The van der Waals surface area contributed by atoms with Gasteiger partial charge in [-0.1, -0.05) is 31.5 Å². The molecule has 186 valence electrons. The van der Waals surface area contributed by atoms with Crippen molar-refractivity contribution in [3.05, 3.63) is 69.2 Å². The Morgan fingerprint density at radius 2 is 1.97 bits per heavy atom. The van der Waals surface area contributed by atoms with Crippen LogP contribution in [-0.4, -0.2) is 62.9 Å². The summed E-state index contributed by atoms with van der Waals surface area (Å²) in [5.41, 5.74) is 0.876. The summed E-state index contributed by atoms with van der Waals surface area (Å²) in [5.74, 6) is 0.133. The fourth-order valence-corrected chi connectivity index (χ4v) is 4.24. The second kappa shape index (κ2) is 11.2. The number of carbonyl (C=O) groups excluding carboxylic acids is 1. The molecule has 0 amide bonds. The highest BCUT2D eigenvalue weighted by molar-refractivity contribution is 6.30. The molecule has 1 saturated heterocycles. The van der Waals surface area contributed by atoms with Crippen LogP contribution in [0.25, 0.3) is 11.5 Å². The Kier molecular flexibility index (Phi) is 8.10. The monoisotopic (exact) mass is 501 g/mol. The standard InChI is InChI=1S/C25H29ClFN5O3/c1-17(2)13-20(33)15-24-29-32(25(34)31(24)19-4-5-22(27)21(26)14-19)23-6-3-18(16-28-23)7-8-30-9-11-35-12-10-30/h3-6,14,16-17H,7-13,15H2,1-2H3. The first kappa shape index (κ1) is 25.2. The second-order valence-corrected chi connectivity index (χ2v) is 9.49. The molecule has 0 radical (unpaired) electrons. The van der Waals surface area contributed by atoms with Crippen LogP contribution >= 0.6 is 11.6 Å². The first-order valence-corrected chi connectivity index (χ1v) is 12.1. The first-order valence-electron chi connectivity index (χ1n) is 11.8. The van der Waals surface area contributed by atoms with Crippen LogP contribution < -0.4 is 5.69 Å². The third-order valence-corrected chi connectivity index (χ3v) is 6.13. The van der Waals surface area contributed by atoms with E-state index in [1.165, 1.54) is 27.4 Å². The average molecular weight is 502 g/mol. The molecule has 35 heavy (non-hydrogen) atoms. The molecular formula is C25H29ClFN5O3. The number of rotatable bonds is 9. The van der Waals surface area contributed by atoms with E-state index < -0.39 is 11.5 Å². The van der Waals surface area contributed by atoms with E-state index in [2.05, 4.69) is 15.0 Å². The predicted molar refractivity (Wildman–Crippen MR) is 131 cm³/mol. The highest BCUT2D eigenvalue weighted by Gasteiger charge is 2.20. The van der Waals surface area contributed by atoms with Gasteiger partial charge in [-0.2, -0.15) is 4.68 Å². The van der Waals surface area contributed by atoms with E-state index in [9.17, 15) is 14.0 Å². The lowest BCUT2D eigenvalue weighted by Gasteiger charge is -2.26. The number of pyridine rings is 1. The number of ether oxygens (including phenoxy) is 1. The maximum absolute atomic E-state index is 13.7. The van der Waals surface area contributed by atoms with Gasteiger partial charge in [-0.15, -0.1) is 5.10 Å². The number of morpholine rings is 1. The lowest BCUT2D eigenvalue weighted by molar-refractivity contribution is -0.119. The fourth-order valence-electron chi connectivity index (χ4n) is 4.06. The van der Waals surface area contributed by atoms with Crippen LogP contribution in [0.2, 0.25) is 5.02 Å². The lowest BCUT2D eigenvalue weighted by Crippen LogP contribution is -2.37. The number of aromatic nitrogens is 4. The van der Waals surface area contributed by atoms with E-state index >= 15 is 0 Å². The van der Waals surface area contributed by atoms with E-state index in [0.717, 1.165) is 44.8 Å². The molecule has 1 fully saturated rings. The van der Waals surface area contributed by atoms with Gasteiger partial charge >= 0.3 is 5.69 Å². The van der Waals surface area contributed by atoms with Crippen LogP contribution in [0.1, 0.15) is 31.7 Å². The molecular weight excluding hydrogens is 473 g/mol. The average Bonchev–Trinajstić information content (AvgIpc) is 3.15. The minimum absolute atomic E-state index is 0.0347. The number of halogens is 2. The maximum Gasteiger partial charge on any atom is 0.356 e. The normalized spacial score (nSPS) is 14.5. The van der Waals surface area contributed by atoms with Gasteiger partial charge in [0.05, 0.1) is 30.3 Å². The minimum atomic E-state index is -0.595. The molecule has 3 aromatic rings. The van der Waals surface area contributed by atoms with Gasteiger partial charge in [-0.05, 0) is 42.2 Å². The summed E-state index contributed by atoms with van der Waals surface area (Å²) < 4.78 is 21.6. The van der Waals surface area contributed by atoms with E-state index in [4.69, 9.17) is 16.3 Å². The number of ketones is 1. The number of nitrogens with zero attached hydrogens (tertiary/aromatic N) is 5. The molecule has 4 rings (SSSR count). The zero-order chi connectivity index (χ0) is 24.9. The zero-order valence-electron chi connectivity index (χ0n) is 19.9. The van der Waals surface area contributed by atoms with Crippen molar-refractivity contribution in [1.82, 2.24) is 24.2 Å². The van der Waals surface area contributed by atoms with Gasteiger partial charge in [0.15, 0.2) is 5.82 Å². The quantitative estimate of drug-likeness (QED) is 0.447. The SMILES string of the molecule is CC(C)CC(=O)Cc1nn(-c2ccc(CCN3CCOCC3)cn2)c(=O)n1-c1ccc(F)c(Cl)c1. The number of benzene rings is 1. The highest BCUT2D eigenvalue weighted by atomic mass is 35.5. The topological polar surface area (TPSA) is 82.2 Å². The van der Waals surface area contributed by atoms with Crippen LogP contribution in [0.4, 0.5) is 4.39 Å². The van der Waals surface area contributed by atoms with Crippen LogP contribution in [0, 0.1) is 11.7 Å². The molecule has 0 bridgehead atoms. The molecule has 0 atom stereocenters. The largest absolute Gasteiger partial charge is 0.379 e. The highest BCUT2D eigenvalue weighted by Crippen LogP contribution is 2.20. The summed E-state index contributed by atoms with van der Waals surface area (Å²) in [4.78, 5) is 32.7. The van der Waals surface area contributed by atoms with Crippen LogP contribution in [0.15, 0.2) is 41.3 Å². The Morgan fingerprint density at radius 3 is 2.63 bits per heavy atom. The van der Waals surface area contributed by atoms with Crippen molar-refractivity contribution < 1.29 is 13.9 Å². The molecule has 0 saturated carbocycles. The molecule has 10 heteroatoms. The predicted octanol–water partition coefficient (Wildman–Crippen LogP) is 3.24. The number of hydrogen-bond acceptors (Lipinski definition) is 6. The second-order valence-electron chi connectivity index (χ2n) is 9.09. The fraction of sp³-hybridized carbons (Fsp3) is 0.440. The van der Waals surface area contributed by atoms with Crippen molar-refractivity contribution in [3.8, 4) is 11.5 Å². The molecule has 3 heterocycles. The van der Waals surface area contributed by atoms with E-state index in [-0.39, 0.29) is 29.0 Å². The first-order chi connectivity index (χ1) is 16.8. The van der Waals surface area contributed by atoms with Gasteiger partial charge in [0, 0.05) is 32.3 Å². The van der Waals surface area contributed by atoms with Gasteiger partial charge in [0.25, 0.3) is 0 Å². The third kappa shape index (κ3) is 6.22. The Hall–Kier alpha value is -2.88. The van der Waals surface area contributed by atoms with Gasteiger partial charge in [-0.25, -0.2) is 18.7 Å². The Morgan fingerprint density at radius 1 is 1.20 bits per heavy atom. The summed E-state index contributed by atoms with van der Waals surface area (Å²) in [7, 11) is 0. The molecule has 0 aliphatic carbocycles. The lowest BCUT2D eigenvalue weighted by atomic mass is 10.1. The minimum Gasteiger partial charge on any atom is -0.379 e. The molecule has 1 aliphatic heterocycles. The van der Waals surface area contributed by atoms with Crippen LogP contribution in [0.3, 0.4) is 0 Å². The molecule has 0 unspecified atom stereocenters. The third-order valence-electron chi connectivity index (χ3n) is 5.85. The van der Waals surface area contributed by atoms with E-state index in [1.54, 1.807) is 12.3 Å². The molecule has 0 spiro atoms. The van der Waals surface area contributed by atoms with E-state index in [1.807, 2.05) is 19.9 Å². The van der Waals surface area contributed by atoms with Crippen molar-refractivity contribution in [2.24, 2.45) is 5.92 Å². The Labute approximate surface area is 208 Å². The molecule has 2 aromatic heterocycles. The summed E-state index contributed by atoms with van der Waals surface area (Å²) in [6.07, 6.45) is 2.90. The van der Waals surface area contributed by atoms with Gasteiger partial charge < -0.3 is 4.74 Å². The summed E-state index contributed by atoms with van der Waals surface area (Å²) >= 11 is 5.96. The zero-order valence-corrected chi connectivity index (χ0v) is 20.7. The molecule has 8 nitrogen and oxygen atoms in total. The number of hydrogen-bond donors (Lipinski definition) is 0. The van der Waals surface area contributed by atoms with Crippen LogP contribution in [-0.2, 0) is 22.4 Å². The van der Waals surface area contributed by atoms with Gasteiger partial charge in [0.1, 0.15) is 17.4 Å². The van der Waals surface area contributed by atoms with Crippen molar-refractivity contribution in [3.63, 3.8) is 0 Å². The summed E-state index contributed by atoms with van der Waals surface area (Å²) in [6, 6.07) is 7.64. The summed E-state index contributed by atoms with van der Waals surface area (Å²) in [5, 5.41) is 4.31. The molecule has 0 N–H and O–H groups in total. The molecule has 1 aromatic carbocycles. The maximum atomic E-state index is 13.7. The van der Waals surface area contributed by atoms with Crippen molar-refractivity contribution in [1.29, 1.82) is 0 Å². The Balaban J connectivity index is 1.62. The Bertz CT molecular complexity index is 1230. The van der Waals surface area contributed by atoms with Crippen molar-refractivity contribution >= 4 is 17.4 Å². The smallest absolute Gasteiger partial charge is 0.356 e. The number of carbonyl (C=O) groups is 1. The summed E-state index contributed by atoms with van der Waals surface area (Å²) in [6.45, 7) is 8.16. The van der Waals surface area contributed by atoms with Gasteiger partial charge in [0.2, 0.25) is 0 Å². The van der Waals surface area contributed by atoms with Gasteiger partial charge in [-0.3, -0.25) is 9.69 Å². The van der Waals surface area contributed by atoms with Crippen molar-refractivity contribution in [2.75, 3.05) is 32.8 Å². The van der Waals surface area contributed by atoms with Crippen LogP contribution in [0.5, 0.6) is 0 Å². The van der Waals surface area contributed by atoms with Crippen molar-refractivity contribution in [2.45, 2.75) is 33.1 Å². The van der Waals surface area contributed by atoms with E-state index in [0.29, 0.717) is 17.9 Å². The number of Topliss-reactive ketones (excluding diaryl/α,β-unsaturated/α-hetero) is 1.